The van der Waals surface area contributed by atoms with E-state index < -0.39 is 0 Å². The van der Waals surface area contributed by atoms with Gasteiger partial charge in [0.2, 0.25) is 0 Å². The van der Waals surface area contributed by atoms with Crippen LogP contribution in [0.4, 0.5) is 0 Å². The molecule has 0 aliphatic heterocycles. The van der Waals surface area contributed by atoms with Gasteiger partial charge in [-0.15, -0.1) is 0 Å². The fourth-order valence-electron chi connectivity index (χ4n) is 2.60. The van der Waals surface area contributed by atoms with Crippen molar-refractivity contribution in [1.29, 1.82) is 0 Å². The molecule has 114 valence electrons. The Hall–Kier alpha value is -0.0800. The Morgan fingerprint density at radius 3 is 2.32 bits per heavy atom. The zero-order valence-corrected chi connectivity index (χ0v) is 13.9. The molecule has 1 saturated carbocycles. The number of nitrogens with zero attached hydrogens (tertiary/aromatic N) is 1. The minimum Gasteiger partial charge on any atom is -0.312 e. The first-order valence-electron chi connectivity index (χ1n) is 8.55. The van der Waals surface area contributed by atoms with Crippen LogP contribution in [-0.2, 0) is 0 Å². The van der Waals surface area contributed by atoms with E-state index in [1.807, 2.05) is 0 Å². The summed E-state index contributed by atoms with van der Waals surface area (Å²) >= 11 is 0. The number of hydrogen-bond donors (Lipinski definition) is 1. The molecule has 1 fully saturated rings. The van der Waals surface area contributed by atoms with Crippen LogP contribution in [0.5, 0.6) is 0 Å². The van der Waals surface area contributed by atoms with Gasteiger partial charge in [0.1, 0.15) is 0 Å². The van der Waals surface area contributed by atoms with Gasteiger partial charge in [-0.25, -0.2) is 0 Å². The lowest BCUT2D eigenvalue weighted by molar-refractivity contribution is 0.194. The molecular formula is C17H36N2. The predicted octanol–water partition coefficient (Wildman–Crippen LogP) is 3.91. The van der Waals surface area contributed by atoms with Gasteiger partial charge in [0, 0.05) is 18.6 Å². The average molecular weight is 268 g/mol. The van der Waals surface area contributed by atoms with Crippen molar-refractivity contribution >= 4 is 0 Å². The molecule has 0 saturated heterocycles. The highest BCUT2D eigenvalue weighted by molar-refractivity contribution is 4.88. The SMILES string of the molecule is CCCNC(CN(CCC(C)C)C1CC1)C(C)CC. The smallest absolute Gasteiger partial charge is 0.0220 e. The molecule has 2 unspecified atom stereocenters. The van der Waals surface area contributed by atoms with Gasteiger partial charge < -0.3 is 5.32 Å². The maximum absolute atomic E-state index is 3.78. The van der Waals surface area contributed by atoms with Crippen molar-refractivity contribution < 1.29 is 0 Å². The summed E-state index contributed by atoms with van der Waals surface area (Å²) in [7, 11) is 0. The summed E-state index contributed by atoms with van der Waals surface area (Å²) in [6, 6.07) is 1.58. The van der Waals surface area contributed by atoms with E-state index in [0.717, 1.165) is 24.4 Å². The summed E-state index contributed by atoms with van der Waals surface area (Å²) in [6.45, 7) is 15.4. The maximum Gasteiger partial charge on any atom is 0.0220 e. The number of rotatable bonds is 11. The Labute approximate surface area is 121 Å². The molecular weight excluding hydrogens is 232 g/mol. The zero-order chi connectivity index (χ0) is 14.3. The molecule has 0 aromatic carbocycles. The molecule has 0 aromatic heterocycles. The van der Waals surface area contributed by atoms with E-state index in [0.29, 0.717) is 6.04 Å². The van der Waals surface area contributed by atoms with Gasteiger partial charge in [0.05, 0.1) is 0 Å². The molecule has 1 N–H and O–H groups in total. The van der Waals surface area contributed by atoms with Gasteiger partial charge >= 0.3 is 0 Å². The van der Waals surface area contributed by atoms with Crippen LogP contribution in [0, 0.1) is 11.8 Å². The summed E-state index contributed by atoms with van der Waals surface area (Å²) in [4.78, 5) is 2.76. The molecule has 19 heavy (non-hydrogen) atoms. The lowest BCUT2D eigenvalue weighted by Crippen LogP contribution is -2.46. The highest BCUT2D eigenvalue weighted by atomic mass is 15.2. The molecule has 1 aliphatic rings. The van der Waals surface area contributed by atoms with Crippen LogP contribution in [0.3, 0.4) is 0 Å². The quantitative estimate of drug-likeness (QED) is 0.611. The molecule has 2 heteroatoms. The third kappa shape index (κ3) is 6.76. The summed E-state index contributed by atoms with van der Waals surface area (Å²) in [5.74, 6) is 1.61. The van der Waals surface area contributed by atoms with Crippen molar-refractivity contribution in [2.45, 2.75) is 78.8 Å². The topological polar surface area (TPSA) is 15.3 Å². The van der Waals surface area contributed by atoms with E-state index >= 15 is 0 Å². The second-order valence-corrected chi connectivity index (χ2v) is 6.85. The van der Waals surface area contributed by atoms with Crippen LogP contribution >= 0.6 is 0 Å². The Morgan fingerprint density at radius 1 is 1.16 bits per heavy atom. The first-order chi connectivity index (χ1) is 9.08. The van der Waals surface area contributed by atoms with Crippen molar-refractivity contribution in [3.05, 3.63) is 0 Å². The highest BCUT2D eigenvalue weighted by Crippen LogP contribution is 2.28. The molecule has 1 aliphatic carbocycles. The molecule has 0 amide bonds. The fraction of sp³-hybridized carbons (Fsp3) is 1.00. The third-order valence-corrected chi connectivity index (χ3v) is 4.48. The third-order valence-electron chi connectivity index (χ3n) is 4.48. The van der Waals surface area contributed by atoms with Crippen molar-refractivity contribution in [3.63, 3.8) is 0 Å². The van der Waals surface area contributed by atoms with Crippen LogP contribution in [0.1, 0.15) is 66.7 Å². The normalized spacial score (nSPS) is 19.1. The summed E-state index contributed by atoms with van der Waals surface area (Å²) in [5, 5.41) is 3.78. The first-order valence-corrected chi connectivity index (χ1v) is 8.55. The molecule has 0 radical (unpaired) electrons. The van der Waals surface area contributed by atoms with Crippen molar-refractivity contribution in [2.75, 3.05) is 19.6 Å². The summed E-state index contributed by atoms with van der Waals surface area (Å²) < 4.78 is 0. The van der Waals surface area contributed by atoms with Crippen molar-refractivity contribution in [2.24, 2.45) is 11.8 Å². The highest BCUT2D eigenvalue weighted by Gasteiger charge is 2.31. The van der Waals surface area contributed by atoms with Crippen LogP contribution in [0.2, 0.25) is 0 Å². The molecule has 0 bridgehead atoms. The van der Waals surface area contributed by atoms with Crippen LogP contribution in [0.25, 0.3) is 0 Å². The second-order valence-electron chi connectivity index (χ2n) is 6.85. The van der Waals surface area contributed by atoms with Gasteiger partial charge in [-0.3, -0.25) is 4.90 Å². The van der Waals surface area contributed by atoms with Gasteiger partial charge in [0.25, 0.3) is 0 Å². The predicted molar refractivity (Wildman–Crippen MR) is 85.6 cm³/mol. The zero-order valence-electron chi connectivity index (χ0n) is 13.9. The Kier molecular flexibility index (Phi) is 8.01. The summed E-state index contributed by atoms with van der Waals surface area (Å²) in [5.41, 5.74) is 0. The van der Waals surface area contributed by atoms with E-state index in [4.69, 9.17) is 0 Å². The largest absolute Gasteiger partial charge is 0.312 e. The summed E-state index contributed by atoms with van der Waals surface area (Å²) in [6.07, 6.45) is 6.72. The van der Waals surface area contributed by atoms with Crippen molar-refractivity contribution in [3.8, 4) is 0 Å². The standard InChI is InChI=1S/C17H36N2/c1-6-11-18-17(15(5)7-2)13-19(16-8-9-16)12-10-14(3)4/h14-18H,6-13H2,1-5H3. The minimum absolute atomic E-state index is 0.678. The fourth-order valence-corrected chi connectivity index (χ4v) is 2.60. The Bertz CT molecular complexity index is 223. The molecule has 2 nitrogen and oxygen atoms in total. The van der Waals surface area contributed by atoms with Crippen LogP contribution in [0.15, 0.2) is 0 Å². The Morgan fingerprint density at radius 2 is 1.84 bits per heavy atom. The van der Waals surface area contributed by atoms with Gasteiger partial charge in [-0.2, -0.15) is 0 Å². The molecule has 1 rings (SSSR count). The number of nitrogens with one attached hydrogen (secondary N) is 1. The first kappa shape index (κ1) is 17.0. The average Bonchev–Trinajstić information content (AvgIpc) is 3.21. The molecule has 0 heterocycles. The lowest BCUT2D eigenvalue weighted by Gasteiger charge is -2.32. The van der Waals surface area contributed by atoms with Crippen molar-refractivity contribution in [1.82, 2.24) is 10.2 Å². The monoisotopic (exact) mass is 268 g/mol. The van der Waals surface area contributed by atoms with E-state index in [-0.39, 0.29) is 0 Å². The van der Waals surface area contributed by atoms with Gasteiger partial charge in [-0.1, -0.05) is 41.0 Å². The maximum atomic E-state index is 3.78. The van der Waals surface area contributed by atoms with Crippen LogP contribution in [-0.4, -0.2) is 36.6 Å². The van der Waals surface area contributed by atoms with E-state index in [2.05, 4.69) is 44.8 Å². The number of hydrogen-bond acceptors (Lipinski definition) is 2. The van der Waals surface area contributed by atoms with Gasteiger partial charge in [0.15, 0.2) is 0 Å². The van der Waals surface area contributed by atoms with Crippen LogP contribution < -0.4 is 5.32 Å². The molecule has 2 atom stereocenters. The van der Waals surface area contributed by atoms with E-state index in [1.54, 1.807) is 0 Å². The minimum atomic E-state index is 0.678. The lowest BCUT2D eigenvalue weighted by atomic mass is 9.98. The van der Waals surface area contributed by atoms with E-state index in [9.17, 15) is 0 Å². The molecule has 0 aromatic rings. The Balaban J connectivity index is 2.46. The second kappa shape index (κ2) is 8.97. The van der Waals surface area contributed by atoms with Gasteiger partial charge in [-0.05, 0) is 50.6 Å². The van der Waals surface area contributed by atoms with E-state index in [1.165, 1.54) is 45.2 Å². The molecule has 0 spiro atoms.